The van der Waals surface area contributed by atoms with Crippen LogP contribution in [0.5, 0.6) is 0 Å². The zero-order chi connectivity index (χ0) is 15.4. The molecule has 0 spiro atoms. The number of aromatic nitrogens is 2. The molecule has 1 aliphatic carbocycles. The molecule has 3 rings (SSSR count). The summed E-state index contributed by atoms with van der Waals surface area (Å²) in [4.78, 5) is 25.9. The Bertz CT molecular complexity index is 621. The number of carboxylic acid groups (broad SMARTS) is 1. The van der Waals surface area contributed by atoms with Gasteiger partial charge in [-0.15, -0.1) is 0 Å². The van der Waals surface area contributed by atoms with Gasteiger partial charge in [0.15, 0.2) is 5.69 Å². The molecule has 0 saturated heterocycles. The van der Waals surface area contributed by atoms with E-state index in [1.165, 1.54) is 4.68 Å². The summed E-state index contributed by atoms with van der Waals surface area (Å²) in [5.41, 5.74) is 1.02. The molecular formula is C14H19N3O3S. The summed E-state index contributed by atoms with van der Waals surface area (Å²) in [6, 6.07) is 0.0110. The standard InChI is InChI=1S/C14H19N3O3S/c1-8-6-9-10(13(19)20)15-16(2)11(9)12(18)17(8)7-14(21-3)4-5-14/h8H,4-7H2,1-3H3,(H,19,20). The van der Waals surface area contributed by atoms with E-state index in [9.17, 15) is 14.7 Å². The normalized spacial score (nSPS) is 23.1. The van der Waals surface area contributed by atoms with Gasteiger partial charge >= 0.3 is 5.97 Å². The lowest BCUT2D eigenvalue weighted by Gasteiger charge is -2.35. The van der Waals surface area contributed by atoms with Gasteiger partial charge in [0, 0.05) is 29.9 Å². The molecule has 1 fully saturated rings. The minimum Gasteiger partial charge on any atom is -0.476 e. The molecule has 2 heterocycles. The average molecular weight is 309 g/mol. The van der Waals surface area contributed by atoms with Crippen molar-refractivity contribution in [2.45, 2.75) is 37.0 Å². The van der Waals surface area contributed by atoms with E-state index in [0.717, 1.165) is 19.4 Å². The van der Waals surface area contributed by atoms with Crippen LogP contribution >= 0.6 is 11.8 Å². The summed E-state index contributed by atoms with van der Waals surface area (Å²) < 4.78 is 1.62. The minimum atomic E-state index is -1.07. The van der Waals surface area contributed by atoms with Crippen molar-refractivity contribution in [3.05, 3.63) is 17.0 Å². The van der Waals surface area contributed by atoms with E-state index in [1.807, 2.05) is 23.6 Å². The van der Waals surface area contributed by atoms with Gasteiger partial charge in [-0.05, 0) is 32.4 Å². The third-order valence-corrected chi connectivity index (χ3v) is 5.95. The molecule has 6 nitrogen and oxygen atoms in total. The highest BCUT2D eigenvalue weighted by Gasteiger charge is 2.47. The fourth-order valence-electron chi connectivity index (χ4n) is 3.05. The maximum Gasteiger partial charge on any atom is 0.356 e. The summed E-state index contributed by atoms with van der Waals surface area (Å²) in [6.07, 6.45) is 4.93. The third-order valence-electron chi connectivity index (χ3n) is 4.54. The van der Waals surface area contributed by atoms with Crippen LogP contribution in [0.15, 0.2) is 0 Å². The van der Waals surface area contributed by atoms with Crippen molar-refractivity contribution in [1.29, 1.82) is 0 Å². The molecule has 1 amide bonds. The van der Waals surface area contributed by atoms with Crippen LogP contribution in [0.1, 0.15) is 46.3 Å². The highest BCUT2D eigenvalue weighted by Crippen LogP contribution is 2.48. The molecule has 1 aromatic heterocycles. The number of amides is 1. The monoisotopic (exact) mass is 309 g/mol. The molecule has 1 N–H and O–H groups in total. The Labute approximate surface area is 127 Å². The Morgan fingerprint density at radius 1 is 1.52 bits per heavy atom. The molecule has 7 heteroatoms. The molecule has 0 bridgehead atoms. The van der Waals surface area contributed by atoms with E-state index in [2.05, 4.69) is 11.4 Å². The first kappa shape index (κ1) is 14.4. The predicted octanol–water partition coefficient (Wildman–Crippen LogP) is 1.40. The van der Waals surface area contributed by atoms with Crippen molar-refractivity contribution < 1.29 is 14.7 Å². The maximum atomic E-state index is 12.8. The van der Waals surface area contributed by atoms with Crippen LogP contribution in [0.3, 0.4) is 0 Å². The second-order valence-corrected chi connectivity index (χ2v) is 7.25. The van der Waals surface area contributed by atoms with E-state index in [0.29, 0.717) is 17.7 Å². The fraction of sp³-hybridized carbons (Fsp3) is 0.643. The fourth-order valence-corrected chi connectivity index (χ4v) is 3.83. The van der Waals surface area contributed by atoms with Gasteiger partial charge in [0.05, 0.1) is 0 Å². The first-order chi connectivity index (χ1) is 9.88. The van der Waals surface area contributed by atoms with Crippen LogP contribution in [0.4, 0.5) is 0 Å². The first-order valence-electron chi connectivity index (χ1n) is 7.04. The number of fused-ring (bicyclic) bond motifs is 1. The molecule has 21 heavy (non-hydrogen) atoms. The topological polar surface area (TPSA) is 75.4 Å². The smallest absolute Gasteiger partial charge is 0.356 e. The lowest BCUT2D eigenvalue weighted by molar-refractivity contribution is 0.0650. The van der Waals surface area contributed by atoms with Crippen molar-refractivity contribution >= 4 is 23.6 Å². The number of nitrogens with zero attached hydrogens (tertiary/aromatic N) is 3. The highest BCUT2D eigenvalue weighted by atomic mass is 32.2. The summed E-state index contributed by atoms with van der Waals surface area (Å²) in [5.74, 6) is -1.16. The zero-order valence-corrected chi connectivity index (χ0v) is 13.2. The van der Waals surface area contributed by atoms with Gasteiger partial charge in [0.2, 0.25) is 0 Å². The van der Waals surface area contributed by atoms with Crippen LogP contribution in [-0.2, 0) is 13.5 Å². The van der Waals surface area contributed by atoms with Crippen LogP contribution in [0.2, 0.25) is 0 Å². The molecule has 1 unspecified atom stereocenters. The first-order valence-corrected chi connectivity index (χ1v) is 8.26. The number of aromatic carboxylic acids is 1. The number of thioether (sulfide) groups is 1. The van der Waals surface area contributed by atoms with Gasteiger partial charge in [0.25, 0.3) is 5.91 Å². The van der Waals surface area contributed by atoms with Gasteiger partial charge in [-0.2, -0.15) is 16.9 Å². The second-order valence-electron chi connectivity index (χ2n) is 5.98. The molecule has 1 saturated carbocycles. The van der Waals surface area contributed by atoms with Crippen molar-refractivity contribution in [3.63, 3.8) is 0 Å². The molecule has 1 aromatic rings. The van der Waals surface area contributed by atoms with Gasteiger partial charge in [-0.1, -0.05) is 0 Å². The number of carbonyl (C=O) groups excluding carboxylic acids is 1. The summed E-state index contributed by atoms with van der Waals surface area (Å²) in [5, 5.41) is 13.2. The number of hydrogen-bond donors (Lipinski definition) is 1. The van der Waals surface area contributed by atoms with Crippen LogP contribution < -0.4 is 0 Å². The quantitative estimate of drug-likeness (QED) is 0.910. The van der Waals surface area contributed by atoms with Crippen molar-refractivity contribution in [2.75, 3.05) is 12.8 Å². The molecule has 1 aliphatic heterocycles. The number of carbonyl (C=O) groups is 2. The Kier molecular flexibility index (Phi) is 3.27. The Hall–Kier alpha value is -1.50. The van der Waals surface area contributed by atoms with E-state index in [4.69, 9.17) is 0 Å². The highest BCUT2D eigenvalue weighted by molar-refractivity contribution is 8.00. The van der Waals surface area contributed by atoms with E-state index >= 15 is 0 Å². The third kappa shape index (κ3) is 2.23. The van der Waals surface area contributed by atoms with E-state index in [1.54, 1.807) is 7.05 Å². The summed E-state index contributed by atoms with van der Waals surface area (Å²) >= 11 is 1.82. The number of aryl methyl sites for hydroxylation is 1. The average Bonchev–Trinajstić information content (AvgIpc) is 3.12. The Balaban J connectivity index is 1.96. The number of rotatable bonds is 4. The van der Waals surface area contributed by atoms with E-state index < -0.39 is 5.97 Å². The minimum absolute atomic E-state index is 0.0110. The van der Waals surface area contributed by atoms with Gasteiger partial charge in [-0.3, -0.25) is 9.48 Å². The molecule has 1 atom stereocenters. The van der Waals surface area contributed by atoms with Crippen LogP contribution in [0, 0.1) is 0 Å². The van der Waals surface area contributed by atoms with Crippen molar-refractivity contribution in [1.82, 2.24) is 14.7 Å². The number of hydrogen-bond acceptors (Lipinski definition) is 4. The summed E-state index contributed by atoms with van der Waals surface area (Å²) in [6.45, 7) is 2.72. The molecule has 114 valence electrons. The van der Waals surface area contributed by atoms with Gasteiger partial charge in [-0.25, -0.2) is 4.79 Å². The maximum absolute atomic E-state index is 12.8. The van der Waals surface area contributed by atoms with E-state index in [-0.39, 0.29) is 22.4 Å². The van der Waals surface area contributed by atoms with Gasteiger partial charge < -0.3 is 10.0 Å². The number of carboxylic acids is 1. The molecular weight excluding hydrogens is 290 g/mol. The largest absolute Gasteiger partial charge is 0.476 e. The van der Waals surface area contributed by atoms with Crippen LogP contribution in [0.25, 0.3) is 0 Å². The van der Waals surface area contributed by atoms with Crippen LogP contribution in [-0.4, -0.2) is 55.3 Å². The van der Waals surface area contributed by atoms with Crippen molar-refractivity contribution in [2.24, 2.45) is 7.05 Å². The molecule has 0 radical (unpaired) electrons. The Morgan fingerprint density at radius 2 is 2.19 bits per heavy atom. The Morgan fingerprint density at radius 3 is 2.71 bits per heavy atom. The predicted molar refractivity (Wildman–Crippen MR) is 79.8 cm³/mol. The lowest BCUT2D eigenvalue weighted by atomic mass is 9.97. The molecule has 2 aliphatic rings. The molecule has 0 aromatic carbocycles. The SMILES string of the molecule is CSC1(CN2C(=O)c3c(c(C(=O)O)nn3C)CC2C)CC1. The van der Waals surface area contributed by atoms with Gasteiger partial charge in [0.1, 0.15) is 5.69 Å². The zero-order valence-electron chi connectivity index (χ0n) is 12.4. The van der Waals surface area contributed by atoms with Crippen molar-refractivity contribution in [3.8, 4) is 0 Å². The summed E-state index contributed by atoms with van der Waals surface area (Å²) in [7, 11) is 1.64. The second kappa shape index (κ2) is 4.76. The lowest BCUT2D eigenvalue weighted by Crippen LogP contribution is -2.48.